The summed E-state index contributed by atoms with van der Waals surface area (Å²) < 4.78 is 11.1. The van der Waals surface area contributed by atoms with Crippen molar-refractivity contribution in [3.8, 4) is 5.75 Å². The van der Waals surface area contributed by atoms with Crippen molar-refractivity contribution in [3.05, 3.63) is 83.4 Å². The molecule has 8 rings (SSSR count). The van der Waals surface area contributed by atoms with Crippen LogP contribution in [0.1, 0.15) is 85.5 Å². The molecule has 0 bridgehead atoms. The Morgan fingerprint density at radius 2 is 1.27 bits per heavy atom. The molecule has 0 spiro atoms. The first kappa shape index (κ1) is 27.6. The van der Waals surface area contributed by atoms with Crippen molar-refractivity contribution < 1.29 is 9.47 Å². The maximum atomic E-state index is 5.90. The summed E-state index contributed by atoms with van der Waals surface area (Å²) in [6, 6.07) is 23.2. The van der Waals surface area contributed by atoms with Crippen LogP contribution < -0.4 is 20.3 Å². The highest BCUT2D eigenvalue weighted by Crippen LogP contribution is 2.48. The number of aromatic nitrogens is 4. The Labute approximate surface area is 257 Å². The monoisotopic (exact) mass is 591 g/mol. The first-order valence-corrected chi connectivity index (χ1v) is 16.2. The van der Waals surface area contributed by atoms with Gasteiger partial charge in [0.05, 0.1) is 52.8 Å². The molecule has 3 aliphatic heterocycles. The summed E-state index contributed by atoms with van der Waals surface area (Å²) in [5, 5.41) is 7.15. The van der Waals surface area contributed by atoms with Crippen LogP contribution in [-0.2, 0) is 4.74 Å². The summed E-state index contributed by atoms with van der Waals surface area (Å²) in [5.41, 5.74) is 8.12. The van der Waals surface area contributed by atoms with Crippen molar-refractivity contribution in [2.75, 3.05) is 38.3 Å². The molecule has 4 N–H and O–H groups in total. The third-order valence-electron chi connectivity index (χ3n) is 9.67. The first-order chi connectivity index (χ1) is 21.7. The predicted octanol–water partition coefficient (Wildman–Crippen LogP) is 6.40. The zero-order chi connectivity index (χ0) is 29.5. The molecule has 3 aromatic carbocycles. The van der Waals surface area contributed by atoms with Crippen LogP contribution in [0.5, 0.6) is 5.75 Å². The Morgan fingerprint density at radius 1 is 0.705 bits per heavy atom. The number of fused-ring (bicyclic) bond motifs is 2. The molecule has 3 aliphatic rings. The van der Waals surface area contributed by atoms with E-state index in [-0.39, 0.29) is 12.1 Å². The highest BCUT2D eigenvalue weighted by molar-refractivity contribution is 5.78. The minimum absolute atomic E-state index is 0.233. The molecule has 2 aromatic heterocycles. The van der Waals surface area contributed by atoms with E-state index < -0.39 is 0 Å². The lowest BCUT2D eigenvalue weighted by Gasteiger charge is -2.33. The highest BCUT2D eigenvalue weighted by atomic mass is 16.5. The quantitative estimate of drug-likeness (QED) is 0.147. The standard InChI is InChI=1S/C35H41N7O2/c1-43-18-19-44-25-10-8-24(9-11-25)42-32(22-6-12-26-30(20-22)40-34(38-26)28-4-2-16-36-28)14-15-33(42)23-7-13-27-31(21-23)41-35(39-27)29-5-3-17-37-29/h6-13,20-21,28-29,32-33,36-37H,2-5,14-19H2,1H3,(H,38,40)(H,39,41)/t28-,29-,32+,33+/m0/s1. The number of aromatic amines is 2. The van der Waals surface area contributed by atoms with Gasteiger partial charge in [-0.1, -0.05) is 12.1 Å². The molecule has 0 radical (unpaired) electrons. The van der Waals surface area contributed by atoms with Crippen molar-refractivity contribution >= 4 is 27.8 Å². The summed E-state index contributed by atoms with van der Waals surface area (Å²) in [6.45, 7) is 3.23. The van der Waals surface area contributed by atoms with E-state index in [1.807, 2.05) is 0 Å². The smallest absolute Gasteiger partial charge is 0.124 e. The van der Waals surface area contributed by atoms with Gasteiger partial charge >= 0.3 is 0 Å². The summed E-state index contributed by atoms with van der Waals surface area (Å²) in [7, 11) is 1.69. The van der Waals surface area contributed by atoms with Gasteiger partial charge in [0.2, 0.25) is 0 Å². The summed E-state index contributed by atoms with van der Waals surface area (Å²) in [6.07, 6.45) is 6.79. The number of H-pyrrole nitrogens is 2. The lowest BCUT2D eigenvalue weighted by molar-refractivity contribution is 0.146. The fraction of sp³-hybridized carbons (Fsp3) is 0.429. The SMILES string of the molecule is COCCOc1ccc(N2[C@@H](c3ccc4nc([C@@H]5CCCN5)[nH]c4c3)CC[C@@H]2c2ccc3nc([C@@H]4CCCN4)[nH]c3c2)cc1. The van der Waals surface area contributed by atoms with Gasteiger partial charge < -0.3 is 35.0 Å². The molecule has 3 saturated heterocycles. The second-order valence-electron chi connectivity index (χ2n) is 12.4. The zero-order valence-electron chi connectivity index (χ0n) is 25.3. The van der Waals surface area contributed by atoms with Gasteiger partial charge in [-0.2, -0.15) is 0 Å². The Hall–Kier alpha value is -3.92. The van der Waals surface area contributed by atoms with E-state index in [0.717, 1.165) is 78.2 Å². The Kier molecular flexibility index (Phi) is 7.45. The van der Waals surface area contributed by atoms with E-state index in [9.17, 15) is 0 Å². The molecule has 9 heteroatoms. The second-order valence-corrected chi connectivity index (χ2v) is 12.4. The van der Waals surface area contributed by atoms with Gasteiger partial charge in [0.25, 0.3) is 0 Å². The maximum absolute atomic E-state index is 5.90. The number of rotatable bonds is 9. The normalized spacial score (nSPS) is 23.8. The molecule has 0 aliphatic carbocycles. The van der Waals surface area contributed by atoms with Gasteiger partial charge in [0.15, 0.2) is 0 Å². The van der Waals surface area contributed by atoms with Crippen LogP contribution >= 0.6 is 0 Å². The number of anilines is 1. The number of ether oxygens (including phenoxy) is 2. The van der Waals surface area contributed by atoms with Crippen molar-refractivity contribution in [2.24, 2.45) is 0 Å². The van der Waals surface area contributed by atoms with Crippen molar-refractivity contribution in [1.29, 1.82) is 0 Å². The zero-order valence-corrected chi connectivity index (χ0v) is 25.3. The molecule has 3 fully saturated rings. The van der Waals surface area contributed by atoms with Gasteiger partial charge in [-0.05, 0) is 111 Å². The van der Waals surface area contributed by atoms with E-state index >= 15 is 0 Å². The molecule has 44 heavy (non-hydrogen) atoms. The average molecular weight is 592 g/mol. The fourth-order valence-electron chi connectivity index (χ4n) is 7.46. The molecule has 0 unspecified atom stereocenters. The number of nitrogens with one attached hydrogen (secondary N) is 4. The highest BCUT2D eigenvalue weighted by Gasteiger charge is 2.36. The number of nitrogens with zero attached hydrogens (tertiary/aromatic N) is 3. The second kappa shape index (κ2) is 11.9. The van der Waals surface area contributed by atoms with Gasteiger partial charge in [0.1, 0.15) is 24.0 Å². The van der Waals surface area contributed by atoms with Gasteiger partial charge in [0, 0.05) is 12.8 Å². The van der Waals surface area contributed by atoms with Crippen LogP contribution in [-0.4, -0.2) is 53.3 Å². The Morgan fingerprint density at radius 3 is 1.77 bits per heavy atom. The third kappa shape index (κ3) is 5.23. The van der Waals surface area contributed by atoms with E-state index in [2.05, 4.69) is 86.2 Å². The lowest BCUT2D eigenvalue weighted by Crippen LogP contribution is -2.26. The number of benzene rings is 3. The summed E-state index contributed by atoms with van der Waals surface area (Å²) in [4.78, 5) is 19.8. The van der Waals surface area contributed by atoms with E-state index in [1.54, 1.807) is 7.11 Å². The van der Waals surface area contributed by atoms with Crippen LogP contribution in [0.4, 0.5) is 5.69 Å². The van der Waals surface area contributed by atoms with Crippen LogP contribution in [0.3, 0.4) is 0 Å². The van der Waals surface area contributed by atoms with Gasteiger partial charge in [-0.3, -0.25) is 0 Å². The molecule has 5 heterocycles. The molecule has 9 nitrogen and oxygen atoms in total. The largest absolute Gasteiger partial charge is 0.491 e. The van der Waals surface area contributed by atoms with Crippen LogP contribution in [0, 0.1) is 0 Å². The number of hydrogen-bond acceptors (Lipinski definition) is 7. The van der Waals surface area contributed by atoms with E-state index in [4.69, 9.17) is 19.4 Å². The van der Waals surface area contributed by atoms with Gasteiger partial charge in [-0.25, -0.2) is 9.97 Å². The predicted molar refractivity (Wildman–Crippen MR) is 173 cm³/mol. The number of methoxy groups -OCH3 is 1. The van der Waals surface area contributed by atoms with Crippen molar-refractivity contribution in [2.45, 2.75) is 62.7 Å². The minimum atomic E-state index is 0.233. The summed E-state index contributed by atoms with van der Waals surface area (Å²) >= 11 is 0. The van der Waals surface area contributed by atoms with Gasteiger partial charge in [-0.15, -0.1) is 0 Å². The number of imidazole rings is 2. The average Bonchev–Trinajstić information content (AvgIpc) is 3.89. The molecule has 5 aromatic rings. The third-order valence-corrected chi connectivity index (χ3v) is 9.67. The van der Waals surface area contributed by atoms with Crippen LogP contribution in [0.25, 0.3) is 22.1 Å². The van der Waals surface area contributed by atoms with Crippen LogP contribution in [0.2, 0.25) is 0 Å². The molecule has 228 valence electrons. The molecule has 4 atom stereocenters. The van der Waals surface area contributed by atoms with Crippen LogP contribution in [0.15, 0.2) is 60.7 Å². The summed E-state index contributed by atoms with van der Waals surface area (Å²) in [5.74, 6) is 2.97. The molecular formula is C35H41N7O2. The van der Waals surface area contributed by atoms with Crippen molar-refractivity contribution in [3.63, 3.8) is 0 Å². The Balaban J connectivity index is 1.13. The number of hydrogen-bond donors (Lipinski definition) is 4. The van der Waals surface area contributed by atoms with Crippen molar-refractivity contribution in [1.82, 2.24) is 30.6 Å². The minimum Gasteiger partial charge on any atom is -0.491 e. The topological polar surface area (TPSA) is 103 Å². The molecular weight excluding hydrogens is 550 g/mol. The lowest BCUT2D eigenvalue weighted by atomic mass is 10.0. The maximum Gasteiger partial charge on any atom is 0.124 e. The molecule has 0 amide bonds. The first-order valence-electron chi connectivity index (χ1n) is 16.2. The fourth-order valence-corrected chi connectivity index (χ4v) is 7.46. The molecule has 0 saturated carbocycles. The Bertz CT molecular complexity index is 1630. The van der Waals surface area contributed by atoms with E-state index in [0.29, 0.717) is 25.3 Å². The van der Waals surface area contributed by atoms with E-state index in [1.165, 1.54) is 29.7 Å².